The van der Waals surface area contributed by atoms with Gasteiger partial charge in [0, 0.05) is 13.1 Å². The maximum Gasteiger partial charge on any atom is 0.124 e. The van der Waals surface area contributed by atoms with Gasteiger partial charge in [-0.2, -0.15) is 0 Å². The first-order valence-electron chi connectivity index (χ1n) is 6.18. The molecule has 0 spiro atoms. The zero-order chi connectivity index (χ0) is 11.5. The summed E-state index contributed by atoms with van der Waals surface area (Å²) in [6.45, 7) is 9.88. The molecule has 88 valence electrons. The van der Waals surface area contributed by atoms with Gasteiger partial charge in [0.1, 0.15) is 11.9 Å². The van der Waals surface area contributed by atoms with Crippen LogP contribution in [0.15, 0.2) is 24.3 Å². The Bertz CT molecular complexity index is 342. The second-order valence-electron chi connectivity index (χ2n) is 4.82. The van der Waals surface area contributed by atoms with E-state index in [9.17, 15) is 0 Å². The van der Waals surface area contributed by atoms with E-state index >= 15 is 0 Å². The van der Waals surface area contributed by atoms with Crippen molar-refractivity contribution in [1.29, 1.82) is 0 Å². The number of rotatable bonds is 4. The smallest absolute Gasteiger partial charge is 0.124 e. The van der Waals surface area contributed by atoms with Crippen LogP contribution in [0.5, 0.6) is 5.75 Å². The Hall–Kier alpha value is -1.02. The molecule has 1 fully saturated rings. The van der Waals surface area contributed by atoms with E-state index in [-0.39, 0.29) is 0 Å². The Morgan fingerprint density at radius 3 is 2.75 bits per heavy atom. The van der Waals surface area contributed by atoms with Crippen LogP contribution in [0, 0.1) is 0 Å². The first-order chi connectivity index (χ1) is 7.69. The van der Waals surface area contributed by atoms with Crippen LogP contribution in [-0.4, -0.2) is 30.6 Å². The molecule has 0 amide bonds. The highest BCUT2D eigenvalue weighted by Gasteiger charge is 2.26. The topological polar surface area (TPSA) is 12.5 Å². The molecule has 16 heavy (non-hydrogen) atoms. The van der Waals surface area contributed by atoms with Crippen molar-refractivity contribution in [3.05, 3.63) is 29.8 Å². The lowest BCUT2D eigenvalue weighted by Gasteiger charge is -2.38. The quantitative estimate of drug-likeness (QED) is 0.772. The molecule has 2 heteroatoms. The normalized spacial score (nSPS) is 17.5. The summed E-state index contributed by atoms with van der Waals surface area (Å²) in [6.07, 6.45) is 0.391. The van der Waals surface area contributed by atoms with Gasteiger partial charge < -0.3 is 4.74 Å². The minimum Gasteiger partial charge on any atom is -0.488 e. The summed E-state index contributed by atoms with van der Waals surface area (Å²) in [4.78, 5) is 2.39. The van der Waals surface area contributed by atoms with Crippen molar-refractivity contribution >= 4 is 0 Å². The SMILES string of the molecule is CCN1CC(Oc2cccc(C(C)C)c2)C1. The van der Waals surface area contributed by atoms with Crippen molar-refractivity contribution in [2.45, 2.75) is 32.8 Å². The molecule has 0 aliphatic carbocycles. The molecule has 0 saturated carbocycles. The summed E-state index contributed by atoms with van der Waals surface area (Å²) < 4.78 is 5.93. The third-order valence-electron chi connectivity index (χ3n) is 3.20. The molecule has 0 bridgehead atoms. The standard InChI is InChI=1S/C14H21NO/c1-4-15-9-14(10-15)16-13-7-5-6-12(8-13)11(2)3/h5-8,11,14H,4,9-10H2,1-3H3. The average Bonchev–Trinajstić information content (AvgIpc) is 2.23. The fourth-order valence-electron chi connectivity index (χ4n) is 1.99. The highest BCUT2D eigenvalue weighted by molar-refractivity contribution is 5.30. The zero-order valence-electron chi connectivity index (χ0n) is 10.4. The molecule has 1 aliphatic heterocycles. The second-order valence-corrected chi connectivity index (χ2v) is 4.82. The summed E-state index contributed by atoms with van der Waals surface area (Å²) in [5.74, 6) is 1.59. The summed E-state index contributed by atoms with van der Waals surface area (Å²) in [6, 6.07) is 8.47. The number of ether oxygens (including phenoxy) is 1. The Kier molecular flexibility index (Phi) is 3.49. The summed E-state index contributed by atoms with van der Waals surface area (Å²) >= 11 is 0. The minimum atomic E-state index is 0.391. The molecule has 2 nitrogen and oxygen atoms in total. The molecule has 0 N–H and O–H groups in total. The number of likely N-dealkylation sites (tertiary alicyclic amines) is 1. The van der Waals surface area contributed by atoms with E-state index in [4.69, 9.17) is 4.74 Å². The molecule has 0 unspecified atom stereocenters. The maximum atomic E-state index is 5.93. The Morgan fingerprint density at radius 2 is 2.12 bits per heavy atom. The minimum absolute atomic E-state index is 0.391. The summed E-state index contributed by atoms with van der Waals surface area (Å²) in [5.41, 5.74) is 1.35. The van der Waals surface area contributed by atoms with E-state index in [2.05, 4.69) is 49.9 Å². The molecular weight excluding hydrogens is 198 g/mol. The van der Waals surface area contributed by atoms with E-state index < -0.39 is 0 Å². The third-order valence-corrected chi connectivity index (χ3v) is 3.20. The van der Waals surface area contributed by atoms with E-state index in [1.807, 2.05) is 0 Å². The van der Waals surface area contributed by atoms with E-state index in [0.717, 1.165) is 25.4 Å². The van der Waals surface area contributed by atoms with Gasteiger partial charge in [-0.1, -0.05) is 32.9 Å². The van der Waals surface area contributed by atoms with Gasteiger partial charge in [0.2, 0.25) is 0 Å². The van der Waals surface area contributed by atoms with Crippen LogP contribution in [0.4, 0.5) is 0 Å². The lowest BCUT2D eigenvalue weighted by molar-refractivity contribution is 0.0238. The first-order valence-corrected chi connectivity index (χ1v) is 6.18. The lowest BCUT2D eigenvalue weighted by Crippen LogP contribution is -2.53. The Morgan fingerprint density at radius 1 is 1.38 bits per heavy atom. The van der Waals surface area contributed by atoms with Gasteiger partial charge in [-0.3, -0.25) is 4.90 Å². The molecule has 1 aromatic carbocycles. The van der Waals surface area contributed by atoms with Crippen molar-refractivity contribution in [3.8, 4) is 5.75 Å². The molecule has 1 saturated heterocycles. The number of likely N-dealkylation sites (N-methyl/N-ethyl adjacent to an activating group) is 1. The van der Waals surface area contributed by atoms with Gasteiger partial charge in [0.25, 0.3) is 0 Å². The molecule has 1 aliphatic rings. The monoisotopic (exact) mass is 219 g/mol. The van der Waals surface area contributed by atoms with Gasteiger partial charge in [-0.25, -0.2) is 0 Å². The third kappa shape index (κ3) is 2.56. The van der Waals surface area contributed by atoms with E-state index in [1.54, 1.807) is 0 Å². The predicted molar refractivity (Wildman–Crippen MR) is 67.1 cm³/mol. The van der Waals surface area contributed by atoms with Crippen LogP contribution in [-0.2, 0) is 0 Å². The molecule has 0 radical (unpaired) electrons. The van der Waals surface area contributed by atoms with Gasteiger partial charge in [0.05, 0.1) is 0 Å². The van der Waals surface area contributed by atoms with Crippen molar-refractivity contribution < 1.29 is 4.74 Å². The maximum absolute atomic E-state index is 5.93. The number of nitrogens with zero attached hydrogens (tertiary/aromatic N) is 1. The first kappa shape index (κ1) is 11.5. The average molecular weight is 219 g/mol. The molecular formula is C14H21NO. The van der Waals surface area contributed by atoms with Crippen LogP contribution in [0.1, 0.15) is 32.3 Å². The van der Waals surface area contributed by atoms with E-state index in [1.165, 1.54) is 5.56 Å². The van der Waals surface area contributed by atoms with Gasteiger partial charge in [-0.05, 0) is 30.2 Å². The van der Waals surface area contributed by atoms with Gasteiger partial charge in [0.15, 0.2) is 0 Å². The molecule has 1 aromatic rings. The number of benzene rings is 1. The molecule has 1 heterocycles. The highest BCUT2D eigenvalue weighted by atomic mass is 16.5. The Labute approximate surface area is 98.2 Å². The Balaban J connectivity index is 1.92. The van der Waals surface area contributed by atoms with Crippen LogP contribution < -0.4 is 4.74 Å². The fraction of sp³-hybridized carbons (Fsp3) is 0.571. The fourth-order valence-corrected chi connectivity index (χ4v) is 1.99. The van der Waals surface area contributed by atoms with Crippen molar-refractivity contribution in [1.82, 2.24) is 4.90 Å². The van der Waals surface area contributed by atoms with Crippen LogP contribution in [0.3, 0.4) is 0 Å². The molecule has 0 aromatic heterocycles. The summed E-state index contributed by atoms with van der Waals surface area (Å²) in [5, 5.41) is 0. The second kappa shape index (κ2) is 4.88. The molecule has 0 atom stereocenters. The van der Waals surface area contributed by atoms with Crippen molar-refractivity contribution in [2.24, 2.45) is 0 Å². The van der Waals surface area contributed by atoms with Gasteiger partial charge >= 0.3 is 0 Å². The van der Waals surface area contributed by atoms with Crippen LogP contribution >= 0.6 is 0 Å². The van der Waals surface area contributed by atoms with Crippen LogP contribution in [0.2, 0.25) is 0 Å². The van der Waals surface area contributed by atoms with Crippen molar-refractivity contribution in [2.75, 3.05) is 19.6 Å². The largest absolute Gasteiger partial charge is 0.488 e. The highest BCUT2D eigenvalue weighted by Crippen LogP contribution is 2.22. The van der Waals surface area contributed by atoms with Gasteiger partial charge in [-0.15, -0.1) is 0 Å². The lowest BCUT2D eigenvalue weighted by atomic mass is 10.0. The van der Waals surface area contributed by atoms with Crippen LogP contribution in [0.25, 0.3) is 0 Å². The molecule has 2 rings (SSSR count). The van der Waals surface area contributed by atoms with Crippen molar-refractivity contribution in [3.63, 3.8) is 0 Å². The predicted octanol–water partition coefficient (Wildman–Crippen LogP) is 2.89. The number of hydrogen-bond donors (Lipinski definition) is 0. The van der Waals surface area contributed by atoms with E-state index in [0.29, 0.717) is 12.0 Å². The number of hydrogen-bond acceptors (Lipinski definition) is 2. The summed E-state index contributed by atoms with van der Waals surface area (Å²) in [7, 11) is 0. The zero-order valence-corrected chi connectivity index (χ0v) is 10.4.